The number of hydrogen-bond acceptors (Lipinski definition) is 2. The lowest BCUT2D eigenvalue weighted by molar-refractivity contribution is 0.590. The van der Waals surface area contributed by atoms with Crippen molar-refractivity contribution in [2.24, 2.45) is 7.05 Å². The second-order valence-electron chi connectivity index (χ2n) is 6.31. The Balaban J connectivity index is 2.64. The fraction of sp³-hybridized carbons (Fsp3) is 0.412. The first-order valence-corrected chi connectivity index (χ1v) is 6.80. The van der Waals surface area contributed by atoms with Crippen LogP contribution in [0.25, 0.3) is 11.3 Å². The molecule has 104 valence electrons. The van der Waals surface area contributed by atoms with Gasteiger partial charge in [0.15, 0.2) is 5.69 Å². The number of aromatic nitrogens is 2. The van der Waals surface area contributed by atoms with E-state index in [1.54, 1.807) is 0 Å². The van der Waals surface area contributed by atoms with E-state index in [9.17, 15) is 5.26 Å². The molecule has 0 aliphatic carbocycles. The van der Waals surface area contributed by atoms with Gasteiger partial charge in [0, 0.05) is 12.6 Å². The molecular weight excluding hydrogens is 246 g/mol. The maximum absolute atomic E-state index is 9.27. The summed E-state index contributed by atoms with van der Waals surface area (Å²) in [6, 6.07) is 8.65. The molecule has 0 fully saturated rings. The van der Waals surface area contributed by atoms with Crippen molar-refractivity contribution in [3.8, 4) is 17.3 Å². The molecule has 0 spiro atoms. The van der Waals surface area contributed by atoms with Gasteiger partial charge in [-0.15, -0.1) is 0 Å². The number of nitriles is 1. The molecule has 0 saturated carbocycles. The molecule has 0 aliphatic rings. The van der Waals surface area contributed by atoms with Gasteiger partial charge in [-0.3, -0.25) is 0 Å². The average Bonchev–Trinajstić information content (AvgIpc) is 2.64. The normalized spacial score (nSPS) is 11.4. The van der Waals surface area contributed by atoms with Gasteiger partial charge < -0.3 is 4.57 Å². The molecule has 2 aromatic rings. The summed E-state index contributed by atoms with van der Waals surface area (Å²) < 4.78 is 1.98. The molecule has 0 unspecified atom stereocenters. The Morgan fingerprint density at radius 1 is 1.20 bits per heavy atom. The SMILES string of the molecule is Cc1cc(C(C)(C)C)ccc1-c1c(C#N)nc(C)n1C. The van der Waals surface area contributed by atoms with E-state index in [1.807, 2.05) is 18.5 Å². The van der Waals surface area contributed by atoms with E-state index in [0.717, 1.165) is 17.1 Å². The zero-order chi connectivity index (χ0) is 15.1. The summed E-state index contributed by atoms with van der Waals surface area (Å²) in [4.78, 5) is 4.32. The highest BCUT2D eigenvalue weighted by Gasteiger charge is 2.18. The minimum atomic E-state index is 0.129. The highest BCUT2D eigenvalue weighted by molar-refractivity contribution is 5.69. The molecule has 0 radical (unpaired) electrons. The standard InChI is InChI=1S/C17H21N3/c1-11-9-13(17(3,4)5)7-8-14(11)16-15(10-18)19-12(2)20(16)6/h7-9H,1-6H3. The molecule has 20 heavy (non-hydrogen) atoms. The molecule has 0 N–H and O–H groups in total. The molecule has 1 aromatic carbocycles. The molecule has 0 aliphatic heterocycles. The number of nitrogens with zero attached hydrogens (tertiary/aromatic N) is 3. The Kier molecular flexibility index (Phi) is 3.43. The molecule has 3 heteroatoms. The molecule has 2 rings (SSSR count). The number of imidazole rings is 1. The van der Waals surface area contributed by atoms with Crippen LogP contribution in [0.4, 0.5) is 0 Å². The minimum absolute atomic E-state index is 0.129. The predicted molar refractivity (Wildman–Crippen MR) is 81.5 cm³/mol. The van der Waals surface area contributed by atoms with E-state index in [2.05, 4.69) is 56.9 Å². The van der Waals surface area contributed by atoms with Gasteiger partial charge >= 0.3 is 0 Å². The Hall–Kier alpha value is -2.08. The van der Waals surface area contributed by atoms with Crippen LogP contribution in [-0.2, 0) is 12.5 Å². The van der Waals surface area contributed by atoms with E-state index >= 15 is 0 Å². The maximum atomic E-state index is 9.27. The third-order valence-electron chi connectivity index (χ3n) is 3.77. The predicted octanol–water partition coefficient (Wildman–Crippen LogP) is 3.87. The van der Waals surface area contributed by atoms with Crippen LogP contribution in [0.3, 0.4) is 0 Å². The van der Waals surface area contributed by atoms with Crippen LogP contribution < -0.4 is 0 Å². The van der Waals surface area contributed by atoms with Gasteiger partial charge in [0.1, 0.15) is 11.9 Å². The van der Waals surface area contributed by atoms with Crippen LogP contribution in [0.2, 0.25) is 0 Å². The number of hydrogen-bond donors (Lipinski definition) is 0. The summed E-state index contributed by atoms with van der Waals surface area (Å²) in [5.41, 5.74) is 5.09. The van der Waals surface area contributed by atoms with Crippen molar-refractivity contribution in [3.63, 3.8) is 0 Å². The van der Waals surface area contributed by atoms with Gasteiger partial charge in [-0.25, -0.2) is 4.98 Å². The van der Waals surface area contributed by atoms with Crippen molar-refractivity contribution >= 4 is 0 Å². The zero-order valence-corrected chi connectivity index (χ0v) is 13.1. The number of benzene rings is 1. The molecular formula is C17H21N3. The molecule has 0 bridgehead atoms. The number of aryl methyl sites for hydroxylation is 2. The van der Waals surface area contributed by atoms with Gasteiger partial charge in [0.2, 0.25) is 0 Å². The summed E-state index contributed by atoms with van der Waals surface area (Å²) in [6.07, 6.45) is 0. The van der Waals surface area contributed by atoms with Gasteiger partial charge in [0.05, 0.1) is 5.69 Å². The summed E-state index contributed by atoms with van der Waals surface area (Å²) in [7, 11) is 1.95. The highest BCUT2D eigenvalue weighted by Crippen LogP contribution is 2.31. The van der Waals surface area contributed by atoms with Crippen molar-refractivity contribution < 1.29 is 0 Å². The van der Waals surface area contributed by atoms with Crippen LogP contribution in [0, 0.1) is 25.2 Å². The Morgan fingerprint density at radius 2 is 1.85 bits per heavy atom. The molecule has 1 aromatic heterocycles. The molecule has 3 nitrogen and oxygen atoms in total. The highest BCUT2D eigenvalue weighted by atomic mass is 15.1. The smallest absolute Gasteiger partial charge is 0.166 e. The van der Waals surface area contributed by atoms with Crippen molar-refractivity contribution in [1.82, 2.24) is 9.55 Å². The van der Waals surface area contributed by atoms with Crippen LogP contribution in [0.15, 0.2) is 18.2 Å². The lowest BCUT2D eigenvalue weighted by Crippen LogP contribution is -2.11. The monoisotopic (exact) mass is 267 g/mol. The number of rotatable bonds is 1. The van der Waals surface area contributed by atoms with E-state index in [1.165, 1.54) is 11.1 Å². The lowest BCUT2D eigenvalue weighted by atomic mass is 9.85. The van der Waals surface area contributed by atoms with Crippen molar-refractivity contribution in [2.45, 2.75) is 40.0 Å². The summed E-state index contributed by atoms with van der Waals surface area (Å²) in [6.45, 7) is 10.6. The minimum Gasteiger partial charge on any atom is -0.330 e. The maximum Gasteiger partial charge on any atom is 0.166 e. The van der Waals surface area contributed by atoms with Gasteiger partial charge in [0.25, 0.3) is 0 Å². The summed E-state index contributed by atoms with van der Waals surface area (Å²) >= 11 is 0. The first-order chi connectivity index (χ1) is 9.25. The average molecular weight is 267 g/mol. The van der Waals surface area contributed by atoms with E-state index in [0.29, 0.717) is 5.69 Å². The Bertz CT molecular complexity index is 694. The van der Waals surface area contributed by atoms with Crippen LogP contribution in [-0.4, -0.2) is 9.55 Å². The largest absolute Gasteiger partial charge is 0.330 e. The molecule has 0 saturated heterocycles. The third-order valence-corrected chi connectivity index (χ3v) is 3.77. The second-order valence-corrected chi connectivity index (χ2v) is 6.31. The Labute approximate surface area is 120 Å². The summed E-state index contributed by atoms with van der Waals surface area (Å²) in [5, 5.41) is 9.27. The molecule has 0 amide bonds. The fourth-order valence-corrected chi connectivity index (χ4v) is 2.39. The van der Waals surface area contributed by atoms with E-state index in [4.69, 9.17) is 0 Å². The van der Waals surface area contributed by atoms with Gasteiger partial charge in [-0.2, -0.15) is 5.26 Å². The molecule has 1 heterocycles. The van der Waals surface area contributed by atoms with Crippen LogP contribution in [0.5, 0.6) is 0 Å². The van der Waals surface area contributed by atoms with Crippen molar-refractivity contribution in [2.75, 3.05) is 0 Å². The third kappa shape index (κ3) is 2.34. The van der Waals surface area contributed by atoms with Crippen LogP contribution >= 0.6 is 0 Å². The quantitative estimate of drug-likeness (QED) is 0.787. The fourth-order valence-electron chi connectivity index (χ4n) is 2.39. The van der Waals surface area contributed by atoms with E-state index < -0.39 is 0 Å². The lowest BCUT2D eigenvalue weighted by Gasteiger charge is -2.20. The second kappa shape index (κ2) is 4.79. The first kappa shape index (κ1) is 14.3. The van der Waals surface area contributed by atoms with E-state index in [-0.39, 0.29) is 5.41 Å². The topological polar surface area (TPSA) is 41.6 Å². The molecule has 0 atom stereocenters. The van der Waals surface area contributed by atoms with Gasteiger partial charge in [-0.1, -0.05) is 39.0 Å². The Morgan fingerprint density at radius 3 is 2.35 bits per heavy atom. The first-order valence-electron chi connectivity index (χ1n) is 6.80. The zero-order valence-electron chi connectivity index (χ0n) is 13.1. The van der Waals surface area contributed by atoms with Crippen molar-refractivity contribution in [3.05, 3.63) is 40.8 Å². The van der Waals surface area contributed by atoms with Gasteiger partial charge in [-0.05, 0) is 30.4 Å². The summed E-state index contributed by atoms with van der Waals surface area (Å²) in [5.74, 6) is 0.857. The van der Waals surface area contributed by atoms with Crippen molar-refractivity contribution in [1.29, 1.82) is 5.26 Å². The van der Waals surface area contributed by atoms with Crippen LogP contribution in [0.1, 0.15) is 43.4 Å².